The lowest BCUT2D eigenvalue weighted by Crippen LogP contribution is -2.38. The molecule has 0 radical (unpaired) electrons. The van der Waals surface area contributed by atoms with Gasteiger partial charge in [-0.05, 0) is 48.1 Å². The van der Waals surface area contributed by atoms with E-state index in [9.17, 15) is 9.59 Å². The standard InChI is InChI=1S/C20H21N3O3/c1-12(24)23-15-6-4-14(5-7-15)16-8-9-21-20-17(16)10-18(26-20)19(25)22-11-13-2-3-13/h4-9,13,18H,2-3,10-11H2,1H3,(H,22,25)(H,23,24). The van der Waals surface area contributed by atoms with Gasteiger partial charge in [0.2, 0.25) is 11.8 Å². The first-order valence-electron chi connectivity index (χ1n) is 8.90. The van der Waals surface area contributed by atoms with Gasteiger partial charge in [0.1, 0.15) is 0 Å². The molecule has 6 heteroatoms. The normalized spacial score (nSPS) is 18.0. The topological polar surface area (TPSA) is 80.3 Å². The number of aromatic nitrogens is 1. The Kier molecular flexibility index (Phi) is 4.32. The van der Waals surface area contributed by atoms with Crippen LogP contribution in [0.3, 0.4) is 0 Å². The Morgan fingerprint density at radius 2 is 1.96 bits per heavy atom. The second-order valence-corrected chi connectivity index (χ2v) is 6.90. The molecule has 1 atom stereocenters. The number of ether oxygens (including phenoxy) is 1. The van der Waals surface area contributed by atoms with Gasteiger partial charge in [-0.3, -0.25) is 9.59 Å². The van der Waals surface area contributed by atoms with Crippen molar-refractivity contribution in [3.8, 4) is 17.0 Å². The number of hydrogen-bond donors (Lipinski definition) is 2. The minimum Gasteiger partial charge on any atom is -0.464 e. The molecular formula is C20H21N3O3. The van der Waals surface area contributed by atoms with E-state index in [1.54, 1.807) is 6.20 Å². The number of hydrogen-bond acceptors (Lipinski definition) is 4. The second kappa shape index (κ2) is 6.78. The zero-order valence-corrected chi connectivity index (χ0v) is 14.6. The molecule has 2 heterocycles. The first-order valence-corrected chi connectivity index (χ1v) is 8.90. The molecule has 1 unspecified atom stereocenters. The summed E-state index contributed by atoms with van der Waals surface area (Å²) >= 11 is 0. The fourth-order valence-electron chi connectivity index (χ4n) is 3.17. The molecule has 1 aliphatic heterocycles. The summed E-state index contributed by atoms with van der Waals surface area (Å²) < 4.78 is 5.78. The van der Waals surface area contributed by atoms with Crippen molar-refractivity contribution in [2.75, 3.05) is 11.9 Å². The van der Waals surface area contributed by atoms with Crippen LogP contribution in [0.4, 0.5) is 5.69 Å². The molecule has 134 valence electrons. The molecule has 0 saturated heterocycles. The van der Waals surface area contributed by atoms with Gasteiger partial charge < -0.3 is 15.4 Å². The Balaban J connectivity index is 1.51. The van der Waals surface area contributed by atoms with Gasteiger partial charge in [-0.2, -0.15) is 0 Å². The average Bonchev–Trinajstić information content (AvgIpc) is 3.35. The fourth-order valence-corrected chi connectivity index (χ4v) is 3.17. The minimum atomic E-state index is -0.518. The highest BCUT2D eigenvalue weighted by Gasteiger charge is 2.33. The van der Waals surface area contributed by atoms with Crippen LogP contribution in [-0.2, 0) is 16.0 Å². The van der Waals surface area contributed by atoms with Crippen molar-refractivity contribution in [1.82, 2.24) is 10.3 Å². The number of carbonyl (C=O) groups is 2. The molecule has 2 N–H and O–H groups in total. The summed E-state index contributed by atoms with van der Waals surface area (Å²) in [5.74, 6) is 0.997. The van der Waals surface area contributed by atoms with Gasteiger partial charge in [-0.1, -0.05) is 12.1 Å². The summed E-state index contributed by atoms with van der Waals surface area (Å²) in [5, 5.41) is 5.73. The van der Waals surface area contributed by atoms with E-state index in [2.05, 4.69) is 15.6 Å². The molecule has 26 heavy (non-hydrogen) atoms. The maximum Gasteiger partial charge on any atom is 0.261 e. The van der Waals surface area contributed by atoms with Crippen molar-refractivity contribution in [2.24, 2.45) is 5.92 Å². The number of pyridine rings is 1. The number of rotatable bonds is 5. The summed E-state index contributed by atoms with van der Waals surface area (Å²) in [7, 11) is 0. The molecule has 2 aromatic rings. The van der Waals surface area contributed by atoms with Crippen LogP contribution in [0.15, 0.2) is 36.5 Å². The molecule has 1 aromatic carbocycles. The molecule has 1 saturated carbocycles. The lowest BCUT2D eigenvalue weighted by atomic mass is 9.98. The molecular weight excluding hydrogens is 330 g/mol. The van der Waals surface area contributed by atoms with Crippen molar-refractivity contribution in [3.05, 3.63) is 42.1 Å². The number of nitrogens with one attached hydrogen (secondary N) is 2. The zero-order valence-electron chi connectivity index (χ0n) is 14.6. The number of fused-ring (bicyclic) bond motifs is 1. The van der Waals surface area contributed by atoms with E-state index in [1.807, 2.05) is 30.3 Å². The monoisotopic (exact) mass is 351 g/mol. The van der Waals surface area contributed by atoms with Crippen LogP contribution in [0.2, 0.25) is 0 Å². The summed E-state index contributed by atoms with van der Waals surface area (Å²) in [4.78, 5) is 27.8. The Morgan fingerprint density at radius 3 is 2.65 bits per heavy atom. The third-order valence-corrected chi connectivity index (χ3v) is 4.73. The van der Waals surface area contributed by atoms with Crippen LogP contribution in [0.5, 0.6) is 5.88 Å². The number of benzene rings is 1. The maximum absolute atomic E-state index is 12.3. The lowest BCUT2D eigenvalue weighted by molar-refractivity contribution is -0.127. The minimum absolute atomic E-state index is 0.0677. The van der Waals surface area contributed by atoms with Crippen molar-refractivity contribution < 1.29 is 14.3 Å². The predicted octanol–water partition coefficient (Wildman–Crippen LogP) is 2.54. The highest BCUT2D eigenvalue weighted by Crippen LogP contribution is 2.35. The highest BCUT2D eigenvalue weighted by molar-refractivity contribution is 5.89. The highest BCUT2D eigenvalue weighted by atomic mass is 16.5. The van der Waals surface area contributed by atoms with Gasteiger partial charge in [-0.25, -0.2) is 4.98 Å². The quantitative estimate of drug-likeness (QED) is 0.867. The SMILES string of the molecule is CC(=O)Nc1ccc(-c2ccnc3c2CC(C(=O)NCC2CC2)O3)cc1. The Labute approximate surface area is 152 Å². The van der Waals surface area contributed by atoms with Crippen LogP contribution in [0, 0.1) is 5.92 Å². The second-order valence-electron chi connectivity index (χ2n) is 6.90. The van der Waals surface area contributed by atoms with Gasteiger partial charge in [-0.15, -0.1) is 0 Å². The van der Waals surface area contributed by atoms with Crippen molar-refractivity contribution in [1.29, 1.82) is 0 Å². The molecule has 2 aliphatic rings. The van der Waals surface area contributed by atoms with Crippen molar-refractivity contribution in [2.45, 2.75) is 32.3 Å². The van der Waals surface area contributed by atoms with Crippen LogP contribution in [0.1, 0.15) is 25.3 Å². The number of carbonyl (C=O) groups excluding carboxylic acids is 2. The Hall–Kier alpha value is -2.89. The number of amides is 2. The fraction of sp³-hybridized carbons (Fsp3) is 0.350. The van der Waals surface area contributed by atoms with Crippen molar-refractivity contribution in [3.63, 3.8) is 0 Å². The van der Waals surface area contributed by atoms with Crippen LogP contribution in [-0.4, -0.2) is 29.4 Å². The molecule has 1 fully saturated rings. The molecule has 4 rings (SSSR count). The number of anilines is 1. The van der Waals surface area contributed by atoms with Gasteiger partial charge >= 0.3 is 0 Å². The van der Waals surface area contributed by atoms with Crippen LogP contribution < -0.4 is 15.4 Å². The lowest BCUT2D eigenvalue weighted by Gasteiger charge is -2.10. The van der Waals surface area contributed by atoms with Crippen molar-refractivity contribution >= 4 is 17.5 Å². The van der Waals surface area contributed by atoms with Gasteiger partial charge in [0, 0.05) is 37.3 Å². The van der Waals surface area contributed by atoms with Gasteiger partial charge in [0.15, 0.2) is 6.10 Å². The molecule has 1 aliphatic carbocycles. The molecule has 1 aromatic heterocycles. The van der Waals surface area contributed by atoms with E-state index < -0.39 is 6.10 Å². The summed E-state index contributed by atoms with van der Waals surface area (Å²) in [6, 6.07) is 9.54. The van der Waals surface area contributed by atoms with Gasteiger partial charge in [0.25, 0.3) is 5.91 Å². The number of nitrogens with zero attached hydrogens (tertiary/aromatic N) is 1. The molecule has 0 spiro atoms. The summed E-state index contributed by atoms with van der Waals surface area (Å²) in [6.07, 6.45) is 4.09. The largest absolute Gasteiger partial charge is 0.464 e. The first kappa shape index (κ1) is 16.6. The van der Waals surface area contributed by atoms with E-state index in [0.29, 0.717) is 18.2 Å². The molecule has 0 bridgehead atoms. The average molecular weight is 351 g/mol. The smallest absolute Gasteiger partial charge is 0.261 e. The van der Waals surface area contributed by atoms with Crippen LogP contribution >= 0.6 is 0 Å². The van der Waals surface area contributed by atoms with Crippen LogP contribution in [0.25, 0.3) is 11.1 Å². The third kappa shape index (κ3) is 3.54. The van der Waals surface area contributed by atoms with E-state index in [0.717, 1.165) is 28.9 Å². The molecule has 6 nitrogen and oxygen atoms in total. The first-order chi connectivity index (χ1) is 12.6. The van der Waals surface area contributed by atoms with E-state index >= 15 is 0 Å². The summed E-state index contributed by atoms with van der Waals surface area (Å²) in [5.41, 5.74) is 3.70. The van der Waals surface area contributed by atoms with E-state index in [4.69, 9.17) is 4.74 Å². The van der Waals surface area contributed by atoms with E-state index in [-0.39, 0.29) is 11.8 Å². The predicted molar refractivity (Wildman–Crippen MR) is 97.8 cm³/mol. The van der Waals surface area contributed by atoms with E-state index in [1.165, 1.54) is 19.8 Å². The maximum atomic E-state index is 12.3. The van der Waals surface area contributed by atoms with Gasteiger partial charge in [0.05, 0.1) is 0 Å². The Bertz CT molecular complexity index is 844. The molecule has 2 amide bonds. The Morgan fingerprint density at radius 1 is 1.19 bits per heavy atom. The summed E-state index contributed by atoms with van der Waals surface area (Å²) in [6.45, 7) is 2.22. The zero-order chi connectivity index (χ0) is 18.1. The third-order valence-electron chi connectivity index (χ3n) is 4.73.